The van der Waals surface area contributed by atoms with Crippen LogP contribution < -0.4 is 10.5 Å². The summed E-state index contributed by atoms with van der Waals surface area (Å²) in [4.78, 5) is 4.11. The number of aromatic nitrogens is 1. The summed E-state index contributed by atoms with van der Waals surface area (Å²) in [6.07, 6.45) is 5.07. The molecule has 0 aliphatic rings. The minimum absolute atomic E-state index is 0.00663. The summed E-state index contributed by atoms with van der Waals surface area (Å²) in [6.45, 7) is 2.19. The molecule has 20 heavy (non-hydrogen) atoms. The Labute approximate surface area is 119 Å². The van der Waals surface area contributed by atoms with Crippen LogP contribution in [0.5, 0.6) is 11.6 Å². The molecule has 0 spiro atoms. The van der Waals surface area contributed by atoms with Crippen molar-refractivity contribution in [1.29, 1.82) is 5.41 Å². The minimum Gasteiger partial charge on any atom is -0.439 e. The quantitative estimate of drug-likeness (QED) is 0.622. The number of amidine groups is 1. The Morgan fingerprint density at radius 2 is 2.00 bits per heavy atom. The van der Waals surface area contributed by atoms with Crippen molar-refractivity contribution in [2.75, 3.05) is 0 Å². The van der Waals surface area contributed by atoms with Crippen molar-refractivity contribution in [2.45, 2.75) is 26.2 Å². The molecule has 1 heterocycles. The molecule has 0 bridgehead atoms. The highest BCUT2D eigenvalue weighted by Crippen LogP contribution is 2.21. The fourth-order valence-electron chi connectivity index (χ4n) is 1.86. The molecule has 0 saturated heterocycles. The Balaban J connectivity index is 2.06. The van der Waals surface area contributed by atoms with Crippen molar-refractivity contribution in [3.05, 3.63) is 53.7 Å². The van der Waals surface area contributed by atoms with Gasteiger partial charge in [0, 0.05) is 17.8 Å². The van der Waals surface area contributed by atoms with Crippen LogP contribution in [0.4, 0.5) is 0 Å². The molecule has 0 radical (unpaired) electrons. The molecular weight excluding hydrogens is 250 g/mol. The van der Waals surface area contributed by atoms with Gasteiger partial charge < -0.3 is 10.5 Å². The molecule has 3 N–H and O–H groups in total. The van der Waals surface area contributed by atoms with Crippen molar-refractivity contribution in [3.63, 3.8) is 0 Å². The van der Waals surface area contributed by atoms with Crippen LogP contribution >= 0.6 is 0 Å². The van der Waals surface area contributed by atoms with E-state index < -0.39 is 0 Å². The van der Waals surface area contributed by atoms with Crippen LogP contribution in [0.2, 0.25) is 0 Å². The van der Waals surface area contributed by atoms with Crippen LogP contribution in [-0.2, 0) is 6.42 Å². The predicted molar refractivity (Wildman–Crippen MR) is 80.4 cm³/mol. The van der Waals surface area contributed by atoms with E-state index >= 15 is 0 Å². The molecule has 2 rings (SSSR count). The topological polar surface area (TPSA) is 72.0 Å². The van der Waals surface area contributed by atoms with E-state index in [9.17, 15) is 0 Å². The second-order valence-electron chi connectivity index (χ2n) is 4.65. The maximum atomic E-state index is 7.40. The number of nitrogens with zero attached hydrogens (tertiary/aromatic N) is 1. The van der Waals surface area contributed by atoms with Crippen LogP contribution in [0.3, 0.4) is 0 Å². The third-order valence-corrected chi connectivity index (χ3v) is 3.01. The van der Waals surface area contributed by atoms with Crippen molar-refractivity contribution in [3.8, 4) is 11.6 Å². The van der Waals surface area contributed by atoms with E-state index in [1.54, 1.807) is 18.3 Å². The number of pyridine rings is 1. The van der Waals surface area contributed by atoms with Crippen molar-refractivity contribution in [2.24, 2.45) is 5.73 Å². The summed E-state index contributed by atoms with van der Waals surface area (Å²) in [6, 6.07) is 11.4. The third-order valence-electron chi connectivity index (χ3n) is 3.01. The van der Waals surface area contributed by atoms with Gasteiger partial charge in [-0.25, -0.2) is 4.98 Å². The summed E-state index contributed by atoms with van der Waals surface area (Å²) in [5.74, 6) is 1.18. The van der Waals surface area contributed by atoms with Gasteiger partial charge in [0.15, 0.2) is 0 Å². The number of nitrogens with two attached hydrogens (primary N) is 1. The van der Waals surface area contributed by atoms with Gasteiger partial charge >= 0.3 is 0 Å². The van der Waals surface area contributed by atoms with Gasteiger partial charge in [-0.3, -0.25) is 5.41 Å². The van der Waals surface area contributed by atoms with Crippen LogP contribution in [0, 0.1) is 5.41 Å². The second-order valence-corrected chi connectivity index (χ2v) is 4.65. The summed E-state index contributed by atoms with van der Waals surface area (Å²) >= 11 is 0. The summed E-state index contributed by atoms with van der Waals surface area (Å²) in [5.41, 5.74) is 7.36. The Hall–Kier alpha value is -2.36. The molecule has 4 heteroatoms. The summed E-state index contributed by atoms with van der Waals surface area (Å²) in [5, 5.41) is 7.40. The van der Waals surface area contributed by atoms with Gasteiger partial charge in [-0.15, -0.1) is 0 Å². The molecule has 0 amide bonds. The lowest BCUT2D eigenvalue weighted by Crippen LogP contribution is -2.11. The van der Waals surface area contributed by atoms with Gasteiger partial charge in [0.2, 0.25) is 5.88 Å². The lowest BCUT2D eigenvalue weighted by Gasteiger charge is -2.07. The maximum absolute atomic E-state index is 7.40. The highest BCUT2D eigenvalue weighted by atomic mass is 16.5. The van der Waals surface area contributed by atoms with Gasteiger partial charge in [-0.05, 0) is 36.6 Å². The van der Waals surface area contributed by atoms with E-state index in [2.05, 4.69) is 24.0 Å². The number of aryl methyl sites for hydroxylation is 1. The molecule has 4 nitrogen and oxygen atoms in total. The van der Waals surface area contributed by atoms with Crippen LogP contribution in [0.25, 0.3) is 0 Å². The van der Waals surface area contributed by atoms with Gasteiger partial charge in [0.1, 0.15) is 11.6 Å². The molecule has 2 aromatic rings. The average Bonchev–Trinajstić information content (AvgIpc) is 2.47. The van der Waals surface area contributed by atoms with Gasteiger partial charge in [0.25, 0.3) is 0 Å². The fourth-order valence-corrected chi connectivity index (χ4v) is 1.86. The summed E-state index contributed by atoms with van der Waals surface area (Å²) in [7, 11) is 0. The number of nitrogen functional groups attached to an aromatic ring is 1. The smallest absolute Gasteiger partial charge is 0.219 e. The number of ether oxygens (including phenoxy) is 1. The Morgan fingerprint density at radius 1 is 1.25 bits per heavy atom. The SMILES string of the molecule is CCCCc1ccc(Oc2cc(C(=N)N)ccn2)cc1. The number of benzene rings is 1. The highest BCUT2D eigenvalue weighted by Gasteiger charge is 2.02. The van der Waals surface area contributed by atoms with E-state index in [1.807, 2.05) is 12.1 Å². The second kappa shape index (κ2) is 6.70. The van der Waals surface area contributed by atoms with Gasteiger partial charge in [-0.1, -0.05) is 25.5 Å². The van der Waals surface area contributed by atoms with E-state index in [0.29, 0.717) is 11.4 Å². The normalized spacial score (nSPS) is 10.2. The molecule has 0 aliphatic heterocycles. The first-order valence-electron chi connectivity index (χ1n) is 6.76. The number of hydrogen-bond donors (Lipinski definition) is 2. The molecule has 1 aromatic heterocycles. The lowest BCUT2D eigenvalue weighted by atomic mass is 10.1. The average molecular weight is 269 g/mol. The van der Waals surface area contributed by atoms with Crippen LogP contribution in [0.15, 0.2) is 42.6 Å². The van der Waals surface area contributed by atoms with E-state index in [4.69, 9.17) is 15.9 Å². The number of hydrogen-bond acceptors (Lipinski definition) is 3. The predicted octanol–water partition coefficient (Wildman–Crippen LogP) is 3.50. The third kappa shape index (κ3) is 3.82. The van der Waals surface area contributed by atoms with Crippen LogP contribution in [-0.4, -0.2) is 10.8 Å². The molecular formula is C16H19N3O. The monoisotopic (exact) mass is 269 g/mol. The Morgan fingerprint density at radius 3 is 2.65 bits per heavy atom. The largest absolute Gasteiger partial charge is 0.439 e. The molecule has 104 valence electrons. The number of nitrogens with one attached hydrogen (secondary N) is 1. The molecule has 0 aliphatic carbocycles. The van der Waals surface area contributed by atoms with Gasteiger partial charge in [0.05, 0.1) is 0 Å². The van der Waals surface area contributed by atoms with Crippen molar-refractivity contribution < 1.29 is 4.74 Å². The van der Waals surface area contributed by atoms with E-state index in [1.165, 1.54) is 18.4 Å². The number of unbranched alkanes of at least 4 members (excludes halogenated alkanes) is 1. The number of rotatable bonds is 6. The van der Waals surface area contributed by atoms with Crippen LogP contribution in [0.1, 0.15) is 30.9 Å². The van der Waals surface area contributed by atoms with Crippen molar-refractivity contribution >= 4 is 5.84 Å². The minimum atomic E-state index is 0.00663. The molecule has 0 atom stereocenters. The highest BCUT2D eigenvalue weighted by molar-refractivity contribution is 5.95. The summed E-state index contributed by atoms with van der Waals surface area (Å²) < 4.78 is 5.67. The zero-order valence-electron chi connectivity index (χ0n) is 11.6. The van der Waals surface area contributed by atoms with E-state index in [0.717, 1.165) is 12.2 Å². The Kier molecular flexibility index (Phi) is 4.71. The maximum Gasteiger partial charge on any atom is 0.219 e. The van der Waals surface area contributed by atoms with Crippen molar-refractivity contribution in [1.82, 2.24) is 4.98 Å². The van der Waals surface area contributed by atoms with Gasteiger partial charge in [-0.2, -0.15) is 0 Å². The molecule has 0 fully saturated rings. The zero-order chi connectivity index (χ0) is 14.4. The molecule has 0 unspecified atom stereocenters. The fraction of sp³-hybridized carbons (Fsp3) is 0.250. The standard InChI is InChI=1S/C16H19N3O/c1-2-3-4-12-5-7-14(8-6-12)20-15-11-13(16(17)18)9-10-19-15/h5-11H,2-4H2,1H3,(H3,17,18). The lowest BCUT2D eigenvalue weighted by molar-refractivity contribution is 0.462. The first-order chi connectivity index (χ1) is 9.69. The first kappa shape index (κ1) is 14.1. The molecule has 0 saturated carbocycles. The first-order valence-corrected chi connectivity index (χ1v) is 6.76. The van der Waals surface area contributed by atoms with E-state index in [-0.39, 0.29) is 5.84 Å². The zero-order valence-corrected chi connectivity index (χ0v) is 11.6. The Bertz CT molecular complexity index is 579. The molecule has 1 aromatic carbocycles.